The van der Waals surface area contributed by atoms with Gasteiger partial charge in [0.15, 0.2) is 0 Å². The minimum absolute atomic E-state index is 0.0782. The van der Waals surface area contributed by atoms with E-state index in [4.69, 9.17) is 4.74 Å². The summed E-state index contributed by atoms with van der Waals surface area (Å²) in [7, 11) is 1.89. The first kappa shape index (κ1) is 36.2. The van der Waals surface area contributed by atoms with Gasteiger partial charge in [-0.05, 0) is 104 Å². The molecule has 6 saturated carbocycles. The predicted octanol–water partition coefficient (Wildman–Crippen LogP) is 2.59. The Morgan fingerprint density at radius 3 is 2.48 bits per heavy atom. The highest BCUT2D eigenvalue weighted by molar-refractivity contribution is 5.87. The predicted molar refractivity (Wildman–Crippen MR) is 199 cm³/mol. The van der Waals surface area contributed by atoms with E-state index in [9.17, 15) is 35.1 Å². The van der Waals surface area contributed by atoms with E-state index in [0.717, 1.165) is 49.8 Å². The van der Waals surface area contributed by atoms with Crippen LogP contribution in [0.1, 0.15) is 71.1 Å². The van der Waals surface area contributed by atoms with E-state index in [2.05, 4.69) is 28.9 Å². The second-order valence-electron chi connectivity index (χ2n) is 19.8. The number of carbonyl (C=O) groups excluding carboxylic acids is 2. The molecule has 0 unspecified atom stereocenters. The SMILES string of the molecule is CNCCNCC1=C[C@@H]2C[C@]3(O)[C@]4(O)[C@@H](O)[C@H]5C[C@@H]6[C@H](C=CC[C@@H]6C6CCCC6)C[C@H]6[C@@H](O)C[C@@H]7C=C[C@H](C[C@]3(C)[C@H]2C2=CC(=O)O[C@@H]12)[C@@H]4[C@]7(C=O)[C@]56O. The first-order chi connectivity index (χ1) is 25.9. The van der Waals surface area contributed by atoms with Crippen molar-refractivity contribution in [3.63, 3.8) is 0 Å². The lowest BCUT2D eigenvalue weighted by atomic mass is 9.31. The Balaban J connectivity index is 1.14. The van der Waals surface area contributed by atoms with Crippen LogP contribution in [0.2, 0.25) is 0 Å². The maximum atomic E-state index is 14.3. The fraction of sp³-hybridized carbons (Fsp3) is 0.773. The average Bonchev–Trinajstić information content (AvgIpc) is 3.85. The van der Waals surface area contributed by atoms with E-state index in [1.807, 2.05) is 26.1 Å². The summed E-state index contributed by atoms with van der Waals surface area (Å²) in [4.78, 5) is 27.3. The van der Waals surface area contributed by atoms with Gasteiger partial charge < -0.3 is 45.7 Å². The second-order valence-corrected chi connectivity index (χ2v) is 19.8. The molecule has 1 heterocycles. The molecule has 0 aromatic carbocycles. The Hall–Kier alpha value is -2.18. The van der Waals surface area contributed by atoms with Crippen molar-refractivity contribution in [3.8, 4) is 0 Å². The van der Waals surface area contributed by atoms with Crippen molar-refractivity contribution in [2.24, 2.45) is 75.9 Å². The standard InChI is InChI=1S/C44H60N2O8/c1-40-19-25-10-11-28-16-34(48)32-15-24-8-5-9-29(23-6-3-4-7-23)30(24)17-33-39(50)44(53,38(25)41(28,22-47)43(32,33)52)42(40,51)20-26-14-27(21-46-13-12-45-2)37-31(36(26)40)18-35(49)54-37/h5,8,10-11,14,18,22-26,28-30,32-34,36-39,45-46,48,50-53H,3-4,6-7,9,12-13,15-17,19-21H2,1-2H3/t24-,25-,26-,28+,29-,30-,32+,33-,34+,36-,37+,38-,39+,40-,41-,42-,43-,44-/m1/s1. The van der Waals surface area contributed by atoms with Gasteiger partial charge in [0.2, 0.25) is 0 Å². The fourth-order valence-corrected chi connectivity index (χ4v) is 16.3. The Morgan fingerprint density at radius 2 is 1.72 bits per heavy atom. The molecule has 0 radical (unpaired) electrons. The maximum Gasteiger partial charge on any atom is 0.331 e. The van der Waals surface area contributed by atoms with Gasteiger partial charge in [-0.15, -0.1) is 0 Å². The third kappa shape index (κ3) is 4.22. The number of carbonyl (C=O) groups is 2. The van der Waals surface area contributed by atoms with Crippen LogP contribution in [0.25, 0.3) is 0 Å². The summed E-state index contributed by atoms with van der Waals surface area (Å²) >= 11 is 0. The van der Waals surface area contributed by atoms with Crippen LogP contribution in [-0.4, -0.2) is 99.6 Å². The van der Waals surface area contributed by atoms with Crippen LogP contribution in [0.3, 0.4) is 0 Å². The van der Waals surface area contributed by atoms with Crippen LogP contribution in [0.15, 0.2) is 47.6 Å². The van der Waals surface area contributed by atoms with Crippen molar-refractivity contribution in [2.45, 2.75) is 106 Å². The summed E-state index contributed by atoms with van der Waals surface area (Å²) in [5, 5.41) is 73.3. The number of aliphatic hydroxyl groups excluding tert-OH is 2. The number of aldehydes is 1. The number of aliphatic hydroxyl groups is 5. The maximum absolute atomic E-state index is 14.3. The molecule has 54 heavy (non-hydrogen) atoms. The molecule has 0 bridgehead atoms. The highest BCUT2D eigenvalue weighted by Gasteiger charge is 2.87. The normalized spacial score (nSPS) is 55.0. The topological polar surface area (TPSA) is 169 Å². The minimum atomic E-state index is -2.17. The van der Waals surface area contributed by atoms with Crippen molar-refractivity contribution in [1.82, 2.24) is 10.6 Å². The summed E-state index contributed by atoms with van der Waals surface area (Å²) in [6.07, 6.45) is 17.6. The first-order valence-electron chi connectivity index (χ1n) is 21.2. The van der Waals surface area contributed by atoms with Gasteiger partial charge in [-0.25, -0.2) is 4.79 Å². The Bertz CT molecular complexity index is 1720. The molecule has 294 valence electrons. The lowest BCUT2D eigenvalue weighted by Gasteiger charge is -2.76. The summed E-state index contributed by atoms with van der Waals surface area (Å²) < 4.78 is 5.94. The third-order valence-corrected chi connectivity index (χ3v) is 18.1. The molecule has 0 spiro atoms. The molecule has 0 saturated heterocycles. The molecule has 18 atom stereocenters. The monoisotopic (exact) mass is 744 g/mol. The fourth-order valence-electron chi connectivity index (χ4n) is 16.3. The number of ether oxygens (including phenoxy) is 1. The average molecular weight is 745 g/mol. The van der Waals surface area contributed by atoms with Crippen LogP contribution < -0.4 is 10.6 Å². The van der Waals surface area contributed by atoms with Crippen LogP contribution in [0.5, 0.6) is 0 Å². The van der Waals surface area contributed by atoms with Crippen molar-refractivity contribution >= 4 is 12.3 Å². The van der Waals surface area contributed by atoms with Gasteiger partial charge in [-0.1, -0.05) is 63.0 Å². The Kier molecular flexibility index (Phi) is 8.15. The number of esters is 1. The van der Waals surface area contributed by atoms with Crippen LogP contribution in [0, 0.1) is 75.9 Å². The van der Waals surface area contributed by atoms with E-state index >= 15 is 0 Å². The molecule has 6 fully saturated rings. The number of nitrogens with one attached hydrogen (secondary N) is 2. The Morgan fingerprint density at radius 1 is 0.926 bits per heavy atom. The highest BCUT2D eigenvalue weighted by atomic mass is 16.5. The van der Waals surface area contributed by atoms with Crippen molar-refractivity contribution < 1.29 is 39.9 Å². The largest absolute Gasteiger partial charge is 0.450 e. The van der Waals surface area contributed by atoms with Crippen molar-refractivity contribution in [2.75, 3.05) is 26.7 Å². The molecule has 0 aromatic rings. The lowest BCUT2D eigenvalue weighted by Crippen LogP contribution is -2.88. The van der Waals surface area contributed by atoms with E-state index in [1.54, 1.807) is 6.08 Å². The van der Waals surface area contributed by atoms with E-state index in [0.29, 0.717) is 37.6 Å². The molecule has 9 aliphatic carbocycles. The van der Waals surface area contributed by atoms with Gasteiger partial charge in [0.25, 0.3) is 0 Å². The second kappa shape index (κ2) is 12.2. The van der Waals surface area contributed by atoms with Gasteiger partial charge in [0, 0.05) is 48.9 Å². The van der Waals surface area contributed by atoms with Crippen molar-refractivity contribution in [3.05, 3.63) is 47.6 Å². The van der Waals surface area contributed by atoms with Crippen LogP contribution >= 0.6 is 0 Å². The van der Waals surface area contributed by atoms with Gasteiger partial charge in [0.05, 0.1) is 23.2 Å². The molecule has 10 heteroatoms. The van der Waals surface area contributed by atoms with Crippen molar-refractivity contribution in [1.29, 1.82) is 0 Å². The van der Waals surface area contributed by atoms with Gasteiger partial charge in [0.1, 0.15) is 23.6 Å². The van der Waals surface area contributed by atoms with E-state index in [-0.39, 0.29) is 36.5 Å². The molecule has 10 rings (SSSR count). The zero-order chi connectivity index (χ0) is 37.6. The minimum Gasteiger partial charge on any atom is -0.450 e. The van der Waals surface area contributed by atoms with Gasteiger partial charge in [-0.3, -0.25) is 0 Å². The van der Waals surface area contributed by atoms with Crippen LogP contribution in [-0.2, 0) is 14.3 Å². The van der Waals surface area contributed by atoms with Crippen LogP contribution in [0.4, 0.5) is 0 Å². The number of hydrogen-bond donors (Lipinski definition) is 7. The third-order valence-electron chi connectivity index (χ3n) is 18.1. The number of hydrogen-bond acceptors (Lipinski definition) is 10. The van der Waals surface area contributed by atoms with Gasteiger partial charge in [-0.2, -0.15) is 0 Å². The first-order valence-corrected chi connectivity index (χ1v) is 21.2. The van der Waals surface area contributed by atoms with Gasteiger partial charge >= 0.3 is 5.97 Å². The molecular weight excluding hydrogens is 684 g/mol. The molecule has 7 N–H and O–H groups in total. The Labute approximate surface area is 318 Å². The number of likely N-dealkylation sites (N-methyl/N-ethyl adjacent to an activating group) is 1. The van der Waals surface area contributed by atoms with E-state index in [1.165, 1.54) is 12.8 Å². The number of rotatable bonds is 7. The summed E-state index contributed by atoms with van der Waals surface area (Å²) in [6, 6.07) is 0. The number of allylic oxidation sites excluding steroid dienone is 5. The molecule has 0 amide bonds. The lowest BCUT2D eigenvalue weighted by molar-refractivity contribution is -0.388. The zero-order valence-corrected chi connectivity index (χ0v) is 31.8. The summed E-state index contributed by atoms with van der Waals surface area (Å²) in [5.41, 5.74) is -6.62. The number of fused-ring (bicyclic) bond motifs is 7. The quantitative estimate of drug-likeness (QED) is 0.0892. The molecule has 1 aliphatic heterocycles. The molecule has 0 aromatic heterocycles. The zero-order valence-electron chi connectivity index (χ0n) is 31.8. The smallest absolute Gasteiger partial charge is 0.331 e. The summed E-state index contributed by atoms with van der Waals surface area (Å²) in [5.74, 6) is -3.51. The summed E-state index contributed by atoms with van der Waals surface area (Å²) in [6.45, 7) is 4.01. The molecule has 10 aliphatic rings. The highest BCUT2D eigenvalue weighted by Crippen LogP contribution is 2.79. The van der Waals surface area contributed by atoms with E-state index < -0.39 is 81.5 Å². The molecule has 10 nitrogen and oxygen atoms in total. The molecular formula is C44H60N2O8.